The molecule has 4 heterocycles. The molecule has 1 amide bonds. The van der Waals surface area contributed by atoms with Gasteiger partial charge in [-0.1, -0.05) is 6.07 Å². The molecule has 190 valence electrons. The standard InChI is InChI=1S/C23H25F3N8O2/c1-11(12-3-6-17(28-8-12)23(24,25)26)34-21-18(16(7-27)33-34)22(35)32-20(31-21)15-5-4-14(15)19-29-9-13(36-2)10-30-19/h3,6,8-11,14-16,18,20-21,31,33H,4-5H2,1-2H3,(H,32,35)/t11-,14?,15?,16?,18?,20?,21?/m0/s1. The van der Waals surface area contributed by atoms with E-state index in [1.807, 2.05) is 0 Å². The fourth-order valence-corrected chi connectivity index (χ4v) is 5.17. The lowest BCUT2D eigenvalue weighted by molar-refractivity contribution is -0.141. The van der Waals surface area contributed by atoms with Gasteiger partial charge in [0.25, 0.3) is 0 Å². The summed E-state index contributed by atoms with van der Waals surface area (Å²) in [5.74, 6) is 0.344. The van der Waals surface area contributed by atoms with E-state index >= 15 is 0 Å². The van der Waals surface area contributed by atoms with Crippen LogP contribution in [0.1, 0.15) is 48.8 Å². The van der Waals surface area contributed by atoms with Crippen LogP contribution in [0.15, 0.2) is 30.7 Å². The zero-order chi connectivity index (χ0) is 25.6. The number of hydrogen-bond donors (Lipinski definition) is 3. The summed E-state index contributed by atoms with van der Waals surface area (Å²) in [6.07, 6.45) is 0.646. The van der Waals surface area contributed by atoms with Gasteiger partial charge in [-0.2, -0.15) is 18.4 Å². The number of carbonyl (C=O) groups is 1. The molecule has 3 aliphatic rings. The van der Waals surface area contributed by atoms with Gasteiger partial charge in [0.2, 0.25) is 5.91 Å². The largest absolute Gasteiger partial charge is 0.494 e. The molecule has 2 aromatic heterocycles. The van der Waals surface area contributed by atoms with Crippen LogP contribution in [0.25, 0.3) is 0 Å². The zero-order valence-corrected chi connectivity index (χ0v) is 19.5. The van der Waals surface area contributed by atoms with Gasteiger partial charge in [-0.3, -0.25) is 15.1 Å². The average molecular weight is 503 g/mol. The monoisotopic (exact) mass is 502 g/mol. The highest BCUT2D eigenvalue weighted by atomic mass is 19.4. The maximum Gasteiger partial charge on any atom is 0.433 e. The van der Waals surface area contributed by atoms with E-state index in [4.69, 9.17) is 4.74 Å². The third kappa shape index (κ3) is 4.25. The summed E-state index contributed by atoms with van der Waals surface area (Å²) in [4.78, 5) is 25.5. The van der Waals surface area contributed by atoms with Crippen molar-refractivity contribution in [1.29, 1.82) is 5.26 Å². The van der Waals surface area contributed by atoms with Gasteiger partial charge >= 0.3 is 6.18 Å². The van der Waals surface area contributed by atoms with Gasteiger partial charge in [0, 0.05) is 24.1 Å². The van der Waals surface area contributed by atoms with Crippen LogP contribution in [0.5, 0.6) is 5.75 Å². The molecule has 0 aromatic carbocycles. The second kappa shape index (κ2) is 9.27. The fraction of sp³-hybridized carbons (Fsp3) is 0.522. The summed E-state index contributed by atoms with van der Waals surface area (Å²) in [5, 5.41) is 17.9. The summed E-state index contributed by atoms with van der Waals surface area (Å²) >= 11 is 0. The topological polar surface area (TPSA) is 128 Å². The van der Waals surface area contributed by atoms with Crippen LogP contribution in [0.2, 0.25) is 0 Å². The first kappa shape index (κ1) is 24.4. The molecule has 5 rings (SSSR count). The molecule has 3 fully saturated rings. The van der Waals surface area contributed by atoms with E-state index in [2.05, 4.69) is 37.1 Å². The van der Waals surface area contributed by atoms with Gasteiger partial charge in [-0.05, 0) is 31.4 Å². The molecule has 0 radical (unpaired) electrons. The van der Waals surface area contributed by atoms with Crippen molar-refractivity contribution in [1.82, 2.24) is 36.0 Å². The second-order valence-corrected chi connectivity index (χ2v) is 9.25. The number of nitrogens with one attached hydrogen (secondary N) is 3. The van der Waals surface area contributed by atoms with E-state index in [9.17, 15) is 23.2 Å². The molecule has 13 heteroatoms. The number of alkyl halides is 3. The molecule has 7 atom stereocenters. The van der Waals surface area contributed by atoms with E-state index in [0.717, 1.165) is 18.9 Å². The van der Waals surface area contributed by atoms with Crippen LogP contribution in [0.3, 0.4) is 0 Å². The van der Waals surface area contributed by atoms with Gasteiger partial charge in [0.15, 0.2) is 5.75 Å². The Morgan fingerprint density at radius 2 is 1.94 bits per heavy atom. The number of ether oxygens (including phenoxy) is 1. The summed E-state index contributed by atoms with van der Waals surface area (Å²) in [6.45, 7) is 1.79. The fourth-order valence-electron chi connectivity index (χ4n) is 5.17. The number of aromatic nitrogens is 3. The molecule has 2 aromatic rings. The Morgan fingerprint density at radius 1 is 1.19 bits per heavy atom. The summed E-state index contributed by atoms with van der Waals surface area (Å²) < 4.78 is 44.0. The van der Waals surface area contributed by atoms with Gasteiger partial charge in [0.05, 0.1) is 43.8 Å². The summed E-state index contributed by atoms with van der Waals surface area (Å²) in [7, 11) is 1.54. The number of methoxy groups -OCH3 is 1. The van der Waals surface area contributed by atoms with Crippen molar-refractivity contribution in [3.8, 4) is 11.8 Å². The Hall–Kier alpha value is -3.34. The molecular weight excluding hydrogens is 477 g/mol. The average Bonchev–Trinajstić information content (AvgIpc) is 3.22. The first-order chi connectivity index (χ1) is 17.2. The lowest BCUT2D eigenvalue weighted by Gasteiger charge is -2.47. The van der Waals surface area contributed by atoms with E-state index in [1.165, 1.54) is 12.3 Å². The molecule has 36 heavy (non-hydrogen) atoms. The van der Waals surface area contributed by atoms with Crippen molar-refractivity contribution in [2.45, 2.75) is 56.3 Å². The highest BCUT2D eigenvalue weighted by Gasteiger charge is 2.54. The number of pyridine rings is 1. The third-order valence-electron chi connectivity index (χ3n) is 7.32. The second-order valence-electron chi connectivity index (χ2n) is 9.25. The van der Waals surface area contributed by atoms with Gasteiger partial charge in [-0.25, -0.2) is 20.4 Å². The van der Waals surface area contributed by atoms with Crippen LogP contribution >= 0.6 is 0 Å². The zero-order valence-electron chi connectivity index (χ0n) is 19.5. The Balaban J connectivity index is 1.36. The van der Waals surface area contributed by atoms with Crippen LogP contribution in [-0.2, 0) is 11.0 Å². The minimum Gasteiger partial charge on any atom is -0.494 e. The Kier molecular flexibility index (Phi) is 6.27. The number of nitrogens with zero attached hydrogens (tertiary/aromatic N) is 5. The smallest absolute Gasteiger partial charge is 0.433 e. The van der Waals surface area contributed by atoms with E-state index in [1.54, 1.807) is 31.4 Å². The van der Waals surface area contributed by atoms with Gasteiger partial charge in [0.1, 0.15) is 17.6 Å². The van der Waals surface area contributed by atoms with E-state index < -0.39 is 36.0 Å². The molecule has 6 unspecified atom stereocenters. The van der Waals surface area contributed by atoms with Crippen LogP contribution < -0.4 is 20.8 Å². The number of hydrazine groups is 1. The molecule has 0 spiro atoms. The quantitative estimate of drug-likeness (QED) is 0.561. The van der Waals surface area contributed by atoms with Crippen molar-refractivity contribution in [3.05, 3.63) is 47.8 Å². The van der Waals surface area contributed by atoms with Crippen molar-refractivity contribution in [3.63, 3.8) is 0 Å². The molecule has 3 N–H and O–H groups in total. The molecule has 1 saturated carbocycles. The lowest BCUT2D eigenvalue weighted by Crippen LogP contribution is -2.68. The number of fused-ring (bicyclic) bond motifs is 1. The highest BCUT2D eigenvalue weighted by Crippen LogP contribution is 2.44. The first-order valence-corrected chi connectivity index (χ1v) is 11.6. The van der Waals surface area contributed by atoms with Gasteiger partial charge in [-0.15, -0.1) is 0 Å². The normalized spacial score (nSPS) is 31.1. The van der Waals surface area contributed by atoms with Crippen molar-refractivity contribution >= 4 is 5.91 Å². The SMILES string of the molecule is COc1cnc(C2CCC2C2NC(=O)C3C(C#N)NN([C@@H](C)c4ccc(C(F)(F)F)nc4)C3N2)nc1. The Labute approximate surface area is 205 Å². The van der Waals surface area contributed by atoms with E-state index in [0.29, 0.717) is 17.1 Å². The predicted octanol–water partition coefficient (Wildman–Crippen LogP) is 1.85. The van der Waals surface area contributed by atoms with Crippen molar-refractivity contribution < 1.29 is 22.7 Å². The maximum atomic E-state index is 13.1. The first-order valence-electron chi connectivity index (χ1n) is 11.6. The number of nitriles is 1. The summed E-state index contributed by atoms with van der Waals surface area (Å²) in [6, 6.07) is 3.16. The number of halogens is 3. The Bertz CT molecular complexity index is 1150. The molecule has 2 saturated heterocycles. The Morgan fingerprint density at radius 3 is 2.50 bits per heavy atom. The van der Waals surface area contributed by atoms with E-state index in [-0.39, 0.29) is 23.9 Å². The number of rotatable bonds is 5. The number of carbonyl (C=O) groups excluding carboxylic acids is 1. The van der Waals surface area contributed by atoms with Crippen molar-refractivity contribution in [2.24, 2.45) is 11.8 Å². The predicted molar refractivity (Wildman–Crippen MR) is 118 cm³/mol. The van der Waals surface area contributed by atoms with Crippen LogP contribution in [0.4, 0.5) is 13.2 Å². The summed E-state index contributed by atoms with van der Waals surface area (Å²) in [5.41, 5.74) is 2.61. The number of hydrogen-bond acceptors (Lipinski definition) is 9. The maximum absolute atomic E-state index is 13.1. The molecule has 2 aliphatic heterocycles. The third-order valence-corrected chi connectivity index (χ3v) is 7.32. The molecule has 10 nitrogen and oxygen atoms in total. The molecule has 0 bridgehead atoms. The van der Waals surface area contributed by atoms with Crippen molar-refractivity contribution in [2.75, 3.05) is 7.11 Å². The molecule has 1 aliphatic carbocycles. The lowest BCUT2D eigenvalue weighted by atomic mass is 9.70. The van der Waals surface area contributed by atoms with Gasteiger partial charge < -0.3 is 10.1 Å². The van der Waals surface area contributed by atoms with Crippen LogP contribution in [0, 0.1) is 23.2 Å². The minimum atomic E-state index is -4.53. The number of amides is 1. The highest BCUT2D eigenvalue weighted by molar-refractivity contribution is 5.82. The molecular formula is C23H25F3N8O2. The van der Waals surface area contributed by atoms with Crippen LogP contribution in [-0.4, -0.2) is 51.4 Å². The minimum absolute atomic E-state index is 0.0364.